The van der Waals surface area contributed by atoms with Crippen LogP contribution in [-0.4, -0.2) is 18.0 Å². The number of guanidine groups is 1. The molecule has 0 bridgehead atoms. The number of nitrogens with one attached hydrogen (secondary N) is 2. The van der Waals surface area contributed by atoms with Crippen molar-refractivity contribution in [2.24, 2.45) is 22.7 Å². The maximum Gasteiger partial charge on any atom is 0.206 e. The maximum atomic E-state index is 5.59. The van der Waals surface area contributed by atoms with Crippen LogP contribution in [0.3, 0.4) is 0 Å². The van der Waals surface area contributed by atoms with Crippen LogP contribution in [0.5, 0.6) is 0 Å². The summed E-state index contributed by atoms with van der Waals surface area (Å²) in [6.45, 7) is 4.71. The van der Waals surface area contributed by atoms with Gasteiger partial charge < -0.3 is 5.32 Å². The van der Waals surface area contributed by atoms with Gasteiger partial charge in [0, 0.05) is 6.04 Å². The molecule has 0 heterocycles. The van der Waals surface area contributed by atoms with Crippen molar-refractivity contribution in [1.82, 2.24) is 10.7 Å². The van der Waals surface area contributed by atoms with Crippen LogP contribution < -0.4 is 16.6 Å². The predicted octanol–water partition coefficient (Wildman–Crippen LogP) is 2.16. The fraction of sp³-hybridized carbons (Fsp3) is 0.929. The van der Waals surface area contributed by atoms with Gasteiger partial charge in [0.05, 0.1) is 6.04 Å². The average Bonchev–Trinajstić information content (AvgIpc) is 2.86. The highest BCUT2D eigenvalue weighted by atomic mass is 15.3. The minimum atomic E-state index is 0.475. The lowest BCUT2D eigenvalue weighted by Crippen LogP contribution is -2.48. The van der Waals surface area contributed by atoms with Crippen molar-refractivity contribution in [3.8, 4) is 0 Å². The molecule has 2 fully saturated rings. The van der Waals surface area contributed by atoms with E-state index in [9.17, 15) is 0 Å². The molecule has 0 amide bonds. The third-order valence-electron chi connectivity index (χ3n) is 4.71. The van der Waals surface area contributed by atoms with Gasteiger partial charge in [-0.25, -0.2) is 10.8 Å². The second-order valence-corrected chi connectivity index (χ2v) is 6.17. The van der Waals surface area contributed by atoms with E-state index in [0.29, 0.717) is 12.1 Å². The summed E-state index contributed by atoms with van der Waals surface area (Å²) >= 11 is 0. The Morgan fingerprint density at radius 2 is 1.78 bits per heavy atom. The summed E-state index contributed by atoms with van der Waals surface area (Å²) in [6.07, 6.45) is 8.81. The molecule has 0 aromatic carbocycles. The van der Waals surface area contributed by atoms with Crippen LogP contribution in [-0.2, 0) is 0 Å². The lowest BCUT2D eigenvalue weighted by molar-refractivity contribution is 0.239. The quantitative estimate of drug-likeness (QED) is 0.305. The van der Waals surface area contributed by atoms with E-state index in [-0.39, 0.29) is 0 Å². The number of nitrogens with two attached hydrogens (primary N) is 1. The van der Waals surface area contributed by atoms with Crippen molar-refractivity contribution >= 4 is 5.96 Å². The summed E-state index contributed by atoms with van der Waals surface area (Å²) in [6, 6.07) is 1.01. The van der Waals surface area contributed by atoms with Crippen molar-refractivity contribution in [2.45, 2.75) is 70.9 Å². The summed E-state index contributed by atoms with van der Waals surface area (Å²) in [7, 11) is 0. The van der Waals surface area contributed by atoms with E-state index in [2.05, 4.69) is 24.6 Å². The van der Waals surface area contributed by atoms with Crippen LogP contribution in [0, 0.1) is 11.8 Å². The summed E-state index contributed by atoms with van der Waals surface area (Å²) in [5, 5.41) is 3.50. The Kier molecular flexibility index (Phi) is 4.87. The summed E-state index contributed by atoms with van der Waals surface area (Å²) in [5.41, 5.74) is 2.74. The Hall–Kier alpha value is -0.770. The zero-order valence-electron chi connectivity index (χ0n) is 11.8. The highest BCUT2D eigenvalue weighted by Crippen LogP contribution is 2.29. The van der Waals surface area contributed by atoms with Gasteiger partial charge in [-0.05, 0) is 43.9 Å². The van der Waals surface area contributed by atoms with Gasteiger partial charge in [0.25, 0.3) is 0 Å². The standard InChI is InChI=1S/C14H28N4/c1-10-7-8-13(9-11(10)2)17-14(18-15)16-12-5-3-4-6-12/h10-13H,3-9,15H2,1-2H3,(H2,16,17,18). The monoisotopic (exact) mass is 252 g/mol. The molecule has 0 aromatic heterocycles. The van der Waals surface area contributed by atoms with Gasteiger partial charge in [0.2, 0.25) is 5.96 Å². The Labute approximate surface area is 111 Å². The minimum Gasteiger partial charge on any atom is -0.353 e. The lowest BCUT2D eigenvalue weighted by Gasteiger charge is -2.33. The number of aliphatic imine (C=N–C) groups is 1. The van der Waals surface area contributed by atoms with E-state index >= 15 is 0 Å². The normalized spacial score (nSPS) is 34.6. The van der Waals surface area contributed by atoms with E-state index < -0.39 is 0 Å². The SMILES string of the molecule is CC1CCC(NC(=NC2CCCC2)NN)CC1C. The Morgan fingerprint density at radius 3 is 2.39 bits per heavy atom. The first-order chi connectivity index (χ1) is 8.69. The van der Waals surface area contributed by atoms with Gasteiger partial charge in [-0.2, -0.15) is 0 Å². The second-order valence-electron chi connectivity index (χ2n) is 6.17. The van der Waals surface area contributed by atoms with Gasteiger partial charge in [0.15, 0.2) is 0 Å². The third-order valence-corrected chi connectivity index (χ3v) is 4.71. The number of nitrogens with zero attached hydrogens (tertiary/aromatic N) is 1. The van der Waals surface area contributed by atoms with Crippen LogP contribution in [0.25, 0.3) is 0 Å². The predicted molar refractivity (Wildman–Crippen MR) is 76.1 cm³/mol. The van der Waals surface area contributed by atoms with Crippen LogP contribution in [0.1, 0.15) is 58.8 Å². The van der Waals surface area contributed by atoms with Crippen molar-refractivity contribution in [3.05, 3.63) is 0 Å². The van der Waals surface area contributed by atoms with Gasteiger partial charge in [-0.1, -0.05) is 26.7 Å². The molecule has 104 valence electrons. The number of hydrazine groups is 1. The fourth-order valence-corrected chi connectivity index (χ4v) is 3.20. The highest BCUT2D eigenvalue weighted by Gasteiger charge is 2.25. The Morgan fingerprint density at radius 1 is 1.06 bits per heavy atom. The van der Waals surface area contributed by atoms with Crippen LogP contribution in [0.2, 0.25) is 0 Å². The summed E-state index contributed by atoms with van der Waals surface area (Å²) < 4.78 is 0. The molecule has 0 aliphatic heterocycles. The van der Waals surface area contributed by atoms with E-state index in [1.165, 1.54) is 44.9 Å². The number of rotatable bonds is 2. The van der Waals surface area contributed by atoms with Gasteiger partial charge in [-0.15, -0.1) is 0 Å². The lowest BCUT2D eigenvalue weighted by atomic mass is 9.79. The van der Waals surface area contributed by atoms with E-state index in [1.54, 1.807) is 0 Å². The molecule has 4 N–H and O–H groups in total. The topological polar surface area (TPSA) is 62.4 Å². The molecule has 0 aromatic rings. The molecule has 0 radical (unpaired) electrons. The molecule has 2 aliphatic carbocycles. The Balaban J connectivity index is 1.86. The van der Waals surface area contributed by atoms with Crippen LogP contribution in [0.4, 0.5) is 0 Å². The maximum absolute atomic E-state index is 5.59. The van der Waals surface area contributed by atoms with Gasteiger partial charge >= 0.3 is 0 Å². The largest absolute Gasteiger partial charge is 0.353 e. The van der Waals surface area contributed by atoms with Gasteiger partial charge in [-0.3, -0.25) is 5.43 Å². The van der Waals surface area contributed by atoms with Crippen LogP contribution >= 0.6 is 0 Å². The second kappa shape index (κ2) is 6.41. The molecule has 0 spiro atoms. The molecule has 2 aliphatic rings. The molecule has 0 saturated heterocycles. The summed E-state index contributed by atoms with van der Waals surface area (Å²) in [5.74, 6) is 8.03. The highest BCUT2D eigenvalue weighted by molar-refractivity contribution is 5.79. The first kappa shape index (κ1) is 13.7. The molecular weight excluding hydrogens is 224 g/mol. The van der Waals surface area contributed by atoms with Crippen LogP contribution in [0.15, 0.2) is 4.99 Å². The van der Waals surface area contributed by atoms with E-state index in [1.807, 2.05) is 0 Å². The molecular formula is C14H28N4. The first-order valence-electron chi connectivity index (χ1n) is 7.50. The summed E-state index contributed by atoms with van der Waals surface area (Å²) in [4.78, 5) is 4.70. The molecule has 3 unspecified atom stereocenters. The molecule has 3 atom stereocenters. The van der Waals surface area contributed by atoms with Crippen molar-refractivity contribution < 1.29 is 0 Å². The first-order valence-corrected chi connectivity index (χ1v) is 7.50. The minimum absolute atomic E-state index is 0.475. The van der Waals surface area contributed by atoms with Crippen molar-refractivity contribution in [2.75, 3.05) is 0 Å². The van der Waals surface area contributed by atoms with E-state index in [0.717, 1.165) is 17.8 Å². The molecule has 4 nitrogen and oxygen atoms in total. The zero-order valence-corrected chi connectivity index (χ0v) is 11.8. The van der Waals surface area contributed by atoms with Crippen molar-refractivity contribution in [1.29, 1.82) is 0 Å². The van der Waals surface area contributed by atoms with E-state index in [4.69, 9.17) is 10.8 Å². The smallest absolute Gasteiger partial charge is 0.206 e. The molecule has 2 saturated carbocycles. The third kappa shape index (κ3) is 3.61. The Bertz CT molecular complexity index is 284. The molecule has 2 rings (SSSR count). The fourth-order valence-electron chi connectivity index (χ4n) is 3.20. The molecule has 18 heavy (non-hydrogen) atoms. The number of hydrogen-bond acceptors (Lipinski definition) is 2. The van der Waals surface area contributed by atoms with Gasteiger partial charge in [0.1, 0.15) is 0 Å². The van der Waals surface area contributed by atoms with Crippen molar-refractivity contribution in [3.63, 3.8) is 0 Å². The molecule has 4 heteroatoms. The number of hydrogen-bond donors (Lipinski definition) is 3. The zero-order chi connectivity index (χ0) is 13.0. The average molecular weight is 252 g/mol.